The quantitative estimate of drug-likeness (QED) is 0.149. The molecule has 0 aliphatic heterocycles. The molecule has 0 N–H and O–H groups in total. The molecule has 1 aliphatic rings. The first-order valence-electron chi connectivity index (χ1n) is 14.7. The third-order valence-corrected chi connectivity index (χ3v) is 7.77. The predicted octanol–water partition coefficient (Wildman–Crippen LogP) is 7.43. The minimum absolute atomic E-state index is 0. The van der Waals surface area contributed by atoms with Crippen molar-refractivity contribution in [3.05, 3.63) is 95.1 Å². The molecule has 0 spiro atoms. The van der Waals surface area contributed by atoms with Crippen LogP contribution in [0.1, 0.15) is 55.9 Å². The number of hydrogen-bond donors (Lipinski definition) is 0. The Bertz CT molecular complexity index is 1210. The second-order valence-electron chi connectivity index (χ2n) is 10.1. The first kappa shape index (κ1) is 35.3. The second-order valence-corrected chi connectivity index (χ2v) is 10.1. The van der Waals surface area contributed by atoms with Gasteiger partial charge < -0.3 is 19.5 Å². The fourth-order valence-electron chi connectivity index (χ4n) is 5.25. The Balaban J connectivity index is 0.00000308. The molecule has 8 heteroatoms. The van der Waals surface area contributed by atoms with Gasteiger partial charge >= 0.3 is 0 Å². The lowest BCUT2D eigenvalue weighted by molar-refractivity contribution is 0.112. The number of aryl methyl sites for hydroxylation is 1. The normalized spacial score (nSPS) is 15.9. The number of hydrogen-bond acceptors (Lipinski definition) is 6. The van der Waals surface area contributed by atoms with Crippen molar-refractivity contribution in [1.82, 2.24) is 9.80 Å². The van der Waals surface area contributed by atoms with Crippen LogP contribution in [0, 0.1) is 6.92 Å². The molecule has 6 nitrogen and oxygen atoms in total. The van der Waals surface area contributed by atoms with Gasteiger partial charge in [-0.15, -0.1) is 24.8 Å². The molecule has 0 saturated carbocycles. The predicted molar refractivity (Wildman–Crippen MR) is 181 cm³/mol. The van der Waals surface area contributed by atoms with Gasteiger partial charge in [0.25, 0.3) is 0 Å². The molecule has 0 unspecified atom stereocenters. The van der Waals surface area contributed by atoms with Gasteiger partial charge in [0.15, 0.2) is 0 Å². The van der Waals surface area contributed by atoms with Gasteiger partial charge in [0.2, 0.25) is 0 Å². The summed E-state index contributed by atoms with van der Waals surface area (Å²) in [5.74, 6) is -0.257. The van der Waals surface area contributed by atoms with Crippen molar-refractivity contribution >= 4 is 36.2 Å². The summed E-state index contributed by atoms with van der Waals surface area (Å²) in [5, 5.41) is 9.73. The van der Waals surface area contributed by atoms with Crippen LogP contribution in [0.5, 0.6) is 0 Å². The molecule has 0 aromatic heterocycles. The van der Waals surface area contributed by atoms with E-state index < -0.39 is 0 Å². The average molecular weight is 614 g/mol. The lowest BCUT2D eigenvalue weighted by Gasteiger charge is -2.22. The topological polar surface area (TPSA) is 49.7 Å². The van der Waals surface area contributed by atoms with E-state index >= 15 is 0 Å². The van der Waals surface area contributed by atoms with E-state index in [2.05, 4.69) is 117 Å². The summed E-state index contributed by atoms with van der Waals surface area (Å²) in [5.41, 5.74) is 8.36. The smallest absolute Gasteiger partial charge is 0.129 e. The minimum Gasteiger partial charge on any atom is -0.394 e. The number of halogens is 2. The van der Waals surface area contributed by atoms with Gasteiger partial charge in [0.1, 0.15) is 24.6 Å². The Morgan fingerprint density at radius 1 is 0.571 bits per heavy atom. The number of likely N-dealkylation sites (N-methyl/N-ethyl adjacent to an activating group) is 2. The van der Waals surface area contributed by atoms with E-state index in [4.69, 9.17) is 20.0 Å². The van der Waals surface area contributed by atoms with Gasteiger partial charge in [-0.25, -0.2) is 0 Å². The standard InChI is InChI=1S/C34H44N4O2.2ClH/c1-6-37(7-2)22-24-39-35-33-30-16-12-10-14-28(30)29-15-11-13-17-31(29)34(36-40-25-23-38(8-3)9-4)32(33)27-20-18-26(5)19-21-27;;/h10-21,32H,6-9,22-25H2,1-5H3;2*1H. The molecule has 0 radical (unpaired) electrons. The van der Waals surface area contributed by atoms with Gasteiger partial charge in [-0.1, -0.05) is 116 Å². The molecule has 0 saturated heterocycles. The van der Waals surface area contributed by atoms with Crippen LogP contribution in [-0.4, -0.2) is 73.7 Å². The van der Waals surface area contributed by atoms with Gasteiger partial charge in [-0.05, 0) is 49.8 Å². The highest BCUT2D eigenvalue weighted by molar-refractivity contribution is 6.29. The lowest BCUT2D eigenvalue weighted by Crippen LogP contribution is -2.28. The van der Waals surface area contributed by atoms with E-state index in [1.165, 1.54) is 5.56 Å². The minimum atomic E-state index is -0.257. The van der Waals surface area contributed by atoms with Crippen molar-refractivity contribution in [3.8, 4) is 11.1 Å². The number of oxime groups is 2. The molecule has 1 aliphatic carbocycles. The third-order valence-electron chi connectivity index (χ3n) is 7.77. The molecular weight excluding hydrogens is 567 g/mol. The van der Waals surface area contributed by atoms with Gasteiger partial charge in [-0.2, -0.15) is 0 Å². The molecule has 0 atom stereocenters. The lowest BCUT2D eigenvalue weighted by atomic mass is 9.85. The molecule has 0 heterocycles. The zero-order chi connectivity index (χ0) is 28.3. The Hall–Kier alpha value is -2.90. The fourth-order valence-corrected chi connectivity index (χ4v) is 5.25. The van der Waals surface area contributed by atoms with Crippen LogP contribution in [0.25, 0.3) is 11.1 Å². The van der Waals surface area contributed by atoms with E-state index in [-0.39, 0.29) is 30.7 Å². The molecule has 42 heavy (non-hydrogen) atoms. The molecular formula is C34H46Cl2N4O2. The van der Waals surface area contributed by atoms with Crippen LogP contribution in [0.4, 0.5) is 0 Å². The van der Waals surface area contributed by atoms with Crippen molar-refractivity contribution in [2.45, 2.75) is 40.5 Å². The SMILES string of the molecule is CCN(CC)CCON=C1c2ccccc2-c2ccccc2C(=NOCCN(CC)CC)C1c1ccc(C)cc1.Cl.Cl. The van der Waals surface area contributed by atoms with Gasteiger partial charge in [0, 0.05) is 24.2 Å². The largest absolute Gasteiger partial charge is 0.394 e. The molecule has 0 fully saturated rings. The van der Waals surface area contributed by atoms with E-state index in [0.29, 0.717) is 13.2 Å². The summed E-state index contributed by atoms with van der Waals surface area (Å²) in [7, 11) is 0. The van der Waals surface area contributed by atoms with Crippen molar-refractivity contribution < 1.29 is 9.68 Å². The summed E-state index contributed by atoms with van der Waals surface area (Å²) >= 11 is 0. The van der Waals surface area contributed by atoms with E-state index in [9.17, 15) is 0 Å². The Labute approximate surface area is 264 Å². The van der Waals surface area contributed by atoms with Crippen molar-refractivity contribution in [3.63, 3.8) is 0 Å². The Kier molecular flexibility index (Phi) is 15.1. The molecule has 228 valence electrons. The highest BCUT2D eigenvalue weighted by Crippen LogP contribution is 2.39. The summed E-state index contributed by atoms with van der Waals surface area (Å²) < 4.78 is 0. The zero-order valence-corrected chi connectivity index (χ0v) is 27.2. The maximum atomic E-state index is 6.07. The highest BCUT2D eigenvalue weighted by atomic mass is 35.5. The van der Waals surface area contributed by atoms with Crippen LogP contribution in [-0.2, 0) is 9.68 Å². The average Bonchev–Trinajstić information content (AvgIpc) is 3.11. The maximum Gasteiger partial charge on any atom is 0.129 e. The van der Waals surface area contributed by atoms with Crippen LogP contribution in [0.3, 0.4) is 0 Å². The van der Waals surface area contributed by atoms with Gasteiger partial charge in [-0.3, -0.25) is 0 Å². The number of benzene rings is 3. The van der Waals surface area contributed by atoms with Crippen molar-refractivity contribution in [2.75, 3.05) is 52.5 Å². The summed E-state index contributed by atoms with van der Waals surface area (Å²) in [6.45, 7) is 17.4. The van der Waals surface area contributed by atoms with Crippen LogP contribution >= 0.6 is 24.8 Å². The maximum absolute atomic E-state index is 6.07. The summed E-state index contributed by atoms with van der Waals surface area (Å²) in [4.78, 5) is 16.8. The molecule has 3 aromatic rings. The Morgan fingerprint density at radius 3 is 1.33 bits per heavy atom. The van der Waals surface area contributed by atoms with E-state index in [0.717, 1.165) is 78.5 Å². The van der Waals surface area contributed by atoms with Crippen LogP contribution < -0.4 is 0 Å². The third kappa shape index (κ3) is 8.57. The fraction of sp³-hybridized carbons (Fsp3) is 0.412. The van der Waals surface area contributed by atoms with Crippen LogP contribution in [0.15, 0.2) is 83.1 Å². The summed E-state index contributed by atoms with van der Waals surface area (Å²) in [6, 6.07) is 25.6. The monoisotopic (exact) mass is 612 g/mol. The number of fused-ring (bicyclic) bond motifs is 3. The molecule has 3 aromatic carbocycles. The number of rotatable bonds is 13. The van der Waals surface area contributed by atoms with Gasteiger partial charge in [0.05, 0.1) is 5.92 Å². The summed E-state index contributed by atoms with van der Waals surface area (Å²) in [6.07, 6.45) is 0. The molecule has 0 amide bonds. The molecule has 4 rings (SSSR count). The first-order chi connectivity index (χ1) is 19.6. The van der Waals surface area contributed by atoms with Crippen LogP contribution in [0.2, 0.25) is 0 Å². The van der Waals surface area contributed by atoms with E-state index in [1.807, 2.05) is 0 Å². The first-order valence-corrected chi connectivity index (χ1v) is 14.7. The number of nitrogens with zero attached hydrogens (tertiary/aromatic N) is 4. The van der Waals surface area contributed by atoms with Crippen molar-refractivity contribution in [1.29, 1.82) is 0 Å². The molecule has 0 bridgehead atoms. The zero-order valence-electron chi connectivity index (χ0n) is 25.6. The second kappa shape index (κ2) is 17.9. The Morgan fingerprint density at radius 2 is 0.952 bits per heavy atom. The van der Waals surface area contributed by atoms with E-state index in [1.54, 1.807) is 0 Å². The van der Waals surface area contributed by atoms with Crippen molar-refractivity contribution in [2.24, 2.45) is 10.3 Å². The highest BCUT2D eigenvalue weighted by Gasteiger charge is 2.34.